The molecule has 6 heteroatoms. The molecule has 1 rings (SSSR count). The average Bonchev–Trinajstić information content (AvgIpc) is 2.65. The summed E-state index contributed by atoms with van der Waals surface area (Å²) in [5, 5.41) is 0.388. The Morgan fingerprint density at radius 2 is 2.20 bits per heavy atom. The fourth-order valence-electron chi connectivity index (χ4n) is 0.842. The van der Waals surface area contributed by atoms with Gasteiger partial charge < -0.3 is 4.42 Å². The van der Waals surface area contributed by atoms with Crippen molar-refractivity contribution in [1.82, 2.24) is 4.98 Å². The third-order valence-electron chi connectivity index (χ3n) is 1.63. The smallest absolute Gasteiger partial charge is 0.301 e. The lowest BCUT2D eigenvalue weighted by atomic mass is 10.4. The van der Waals surface area contributed by atoms with Gasteiger partial charge in [-0.2, -0.15) is 8.78 Å². The maximum atomic E-state index is 12.4. The van der Waals surface area contributed by atoms with E-state index in [9.17, 15) is 13.2 Å². The number of aryl methyl sites for hydroxylation is 1. The Bertz CT molecular complexity index is 347. The van der Waals surface area contributed by atoms with E-state index in [1.165, 1.54) is 0 Å². The molecular formula is C9H10F3NOS. The first-order chi connectivity index (χ1) is 7.13. The molecule has 15 heavy (non-hydrogen) atoms. The van der Waals surface area contributed by atoms with Crippen molar-refractivity contribution in [2.75, 3.05) is 5.75 Å². The highest BCUT2D eigenvalue weighted by atomic mass is 32.2. The van der Waals surface area contributed by atoms with Crippen LogP contribution in [0.3, 0.4) is 0 Å². The van der Waals surface area contributed by atoms with Crippen LogP contribution in [-0.2, 0) is 6.42 Å². The Morgan fingerprint density at radius 3 is 2.73 bits per heavy atom. The van der Waals surface area contributed by atoms with Crippen LogP contribution in [0.1, 0.15) is 19.1 Å². The highest BCUT2D eigenvalue weighted by Crippen LogP contribution is 2.22. The molecule has 0 aliphatic heterocycles. The predicted octanol–water partition coefficient (Wildman–Crippen LogP) is 3.80. The molecule has 84 valence electrons. The molecular weight excluding hydrogens is 227 g/mol. The minimum Gasteiger partial charge on any atom is -0.437 e. The summed E-state index contributed by atoms with van der Waals surface area (Å²) in [4.78, 5) is 3.90. The van der Waals surface area contributed by atoms with Gasteiger partial charge in [-0.15, -0.1) is 0 Å². The summed E-state index contributed by atoms with van der Waals surface area (Å²) in [6.45, 7) is 1.91. The van der Waals surface area contributed by atoms with Crippen molar-refractivity contribution in [2.24, 2.45) is 0 Å². The average molecular weight is 237 g/mol. The van der Waals surface area contributed by atoms with Gasteiger partial charge >= 0.3 is 6.08 Å². The van der Waals surface area contributed by atoms with Crippen molar-refractivity contribution in [3.05, 3.63) is 23.9 Å². The van der Waals surface area contributed by atoms with E-state index in [4.69, 9.17) is 4.42 Å². The van der Waals surface area contributed by atoms with E-state index in [0.717, 1.165) is 23.9 Å². The van der Waals surface area contributed by atoms with E-state index in [0.29, 0.717) is 5.22 Å². The van der Waals surface area contributed by atoms with Crippen molar-refractivity contribution in [1.29, 1.82) is 0 Å². The van der Waals surface area contributed by atoms with Crippen LogP contribution in [0.2, 0.25) is 0 Å². The second-order valence-corrected chi connectivity index (χ2v) is 3.76. The number of nitrogens with zero attached hydrogens (tertiary/aromatic N) is 1. The third-order valence-corrected chi connectivity index (χ3v) is 2.48. The van der Waals surface area contributed by atoms with Gasteiger partial charge in [-0.1, -0.05) is 18.7 Å². The summed E-state index contributed by atoms with van der Waals surface area (Å²) in [5.74, 6) is -0.456. The Labute approximate surface area is 89.6 Å². The molecule has 0 fully saturated rings. The topological polar surface area (TPSA) is 26.0 Å². The fourth-order valence-corrected chi connectivity index (χ4v) is 1.59. The lowest BCUT2D eigenvalue weighted by Crippen LogP contribution is -1.82. The minimum atomic E-state index is -2.25. The van der Waals surface area contributed by atoms with E-state index < -0.39 is 11.9 Å². The van der Waals surface area contributed by atoms with Crippen LogP contribution in [0, 0.1) is 0 Å². The van der Waals surface area contributed by atoms with Crippen LogP contribution >= 0.6 is 11.8 Å². The fraction of sp³-hybridized carbons (Fsp3) is 0.444. The first-order valence-electron chi connectivity index (χ1n) is 4.40. The molecule has 0 N–H and O–H groups in total. The minimum absolute atomic E-state index is 0.187. The number of hydrogen-bond donors (Lipinski definition) is 0. The van der Waals surface area contributed by atoms with Gasteiger partial charge in [0.1, 0.15) is 5.76 Å². The largest absolute Gasteiger partial charge is 0.437 e. The summed E-state index contributed by atoms with van der Waals surface area (Å²) in [5.41, 5.74) is 0. The summed E-state index contributed by atoms with van der Waals surface area (Å²) < 4.78 is 40.9. The molecule has 0 aliphatic rings. The molecule has 0 saturated carbocycles. The van der Waals surface area contributed by atoms with E-state index in [2.05, 4.69) is 4.98 Å². The number of oxazole rings is 1. The normalized spacial score (nSPS) is 10.4. The second-order valence-electron chi connectivity index (χ2n) is 2.71. The lowest BCUT2D eigenvalue weighted by Gasteiger charge is -1.94. The molecule has 0 spiro atoms. The highest BCUT2D eigenvalue weighted by molar-refractivity contribution is 7.99. The third kappa shape index (κ3) is 3.99. The predicted molar refractivity (Wildman–Crippen MR) is 51.6 cm³/mol. The molecule has 1 aromatic heterocycles. The van der Waals surface area contributed by atoms with Gasteiger partial charge in [0.05, 0.1) is 6.20 Å². The molecule has 0 amide bonds. The second kappa shape index (κ2) is 5.85. The van der Waals surface area contributed by atoms with Gasteiger partial charge in [0, 0.05) is 18.6 Å². The van der Waals surface area contributed by atoms with E-state index in [1.807, 2.05) is 6.92 Å². The van der Waals surface area contributed by atoms with Crippen molar-refractivity contribution in [2.45, 2.75) is 25.0 Å². The summed E-state index contributed by atoms with van der Waals surface area (Å²) in [6.07, 6.45) is -0.264. The van der Waals surface area contributed by atoms with E-state index >= 15 is 0 Å². The van der Waals surface area contributed by atoms with Crippen molar-refractivity contribution in [3.63, 3.8) is 0 Å². The SMILES string of the molecule is CCc1cnc(SCCC(F)=C(F)F)o1. The summed E-state index contributed by atoms with van der Waals surface area (Å²) in [6, 6.07) is 0. The molecule has 0 bridgehead atoms. The number of halogens is 3. The monoisotopic (exact) mass is 237 g/mol. The number of thioether (sulfide) groups is 1. The number of allylic oxidation sites excluding steroid dienone is 1. The van der Waals surface area contributed by atoms with E-state index in [-0.39, 0.29) is 12.2 Å². The zero-order valence-electron chi connectivity index (χ0n) is 8.10. The number of hydrogen-bond acceptors (Lipinski definition) is 3. The number of aromatic nitrogens is 1. The Morgan fingerprint density at radius 1 is 1.47 bits per heavy atom. The summed E-state index contributed by atoms with van der Waals surface area (Å²) in [7, 11) is 0. The zero-order valence-corrected chi connectivity index (χ0v) is 8.91. The van der Waals surface area contributed by atoms with Gasteiger partial charge in [-0.05, 0) is 0 Å². The Balaban J connectivity index is 2.35. The zero-order chi connectivity index (χ0) is 11.3. The molecule has 0 radical (unpaired) electrons. The van der Waals surface area contributed by atoms with E-state index in [1.54, 1.807) is 6.20 Å². The van der Waals surface area contributed by atoms with Crippen LogP contribution in [0.4, 0.5) is 13.2 Å². The van der Waals surface area contributed by atoms with Gasteiger partial charge in [-0.25, -0.2) is 9.37 Å². The Kier molecular flexibility index (Phi) is 4.74. The molecule has 1 aromatic rings. The van der Waals surface area contributed by atoms with Crippen LogP contribution in [0.15, 0.2) is 27.7 Å². The van der Waals surface area contributed by atoms with Crippen LogP contribution in [0.25, 0.3) is 0 Å². The standard InChI is InChI=1S/C9H10F3NOS/c1-2-6-5-13-9(14-6)15-4-3-7(10)8(11)12/h5H,2-4H2,1H3. The van der Waals surface area contributed by atoms with Crippen molar-refractivity contribution < 1.29 is 17.6 Å². The maximum absolute atomic E-state index is 12.4. The number of rotatable bonds is 5. The van der Waals surface area contributed by atoms with Gasteiger partial charge in [0.15, 0.2) is 5.83 Å². The van der Waals surface area contributed by atoms with Crippen molar-refractivity contribution in [3.8, 4) is 0 Å². The van der Waals surface area contributed by atoms with Crippen molar-refractivity contribution >= 4 is 11.8 Å². The molecule has 0 saturated heterocycles. The maximum Gasteiger partial charge on any atom is 0.301 e. The van der Waals surface area contributed by atoms with Gasteiger partial charge in [0.25, 0.3) is 5.22 Å². The quantitative estimate of drug-likeness (QED) is 0.728. The first-order valence-corrected chi connectivity index (χ1v) is 5.39. The highest BCUT2D eigenvalue weighted by Gasteiger charge is 2.07. The molecule has 0 unspecified atom stereocenters. The molecule has 0 aliphatic carbocycles. The Hall–Kier alpha value is -0.910. The van der Waals surface area contributed by atoms with Gasteiger partial charge in [-0.3, -0.25) is 0 Å². The first kappa shape index (κ1) is 12.2. The molecule has 1 heterocycles. The lowest BCUT2D eigenvalue weighted by molar-refractivity contribution is 0.373. The van der Waals surface area contributed by atoms with Crippen LogP contribution in [0.5, 0.6) is 0 Å². The van der Waals surface area contributed by atoms with Crippen LogP contribution in [-0.4, -0.2) is 10.7 Å². The molecule has 2 nitrogen and oxygen atoms in total. The van der Waals surface area contributed by atoms with Crippen LogP contribution < -0.4 is 0 Å². The molecule has 0 aromatic carbocycles. The summed E-state index contributed by atoms with van der Waals surface area (Å²) >= 11 is 1.12. The van der Waals surface area contributed by atoms with Gasteiger partial charge in [0.2, 0.25) is 0 Å². The molecule has 0 atom stereocenters.